The molecule has 168 valence electrons. The molecule has 4 rings (SSSR count). The van der Waals surface area contributed by atoms with Crippen molar-refractivity contribution in [3.05, 3.63) is 94.1 Å². The summed E-state index contributed by atoms with van der Waals surface area (Å²) in [6, 6.07) is 17.8. The summed E-state index contributed by atoms with van der Waals surface area (Å²) in [4.78, 5) is 26.1. The van der Waals surface area contributed by atoms with E-state index in [-0.39, 0.29) is 41.3 Å². The van der Waals surface area contributed by atoms with Gasteiger partial charge in [0.1, 0.15) is 29.5 Å². The average Bonchev–Trinajstić information content (AvgIpc) is 2.83. The van der Waals surface area contributed by atoms with Gasteiger partial charge >= 0.3 is 5.97 Å². The Hall–Kier alpha value is -4.13. The fourth-order valence-corrected chi connectivity index (χ4v) is 3.48. The number of fused-ring (bicyclic) bond motifs is 1. The van der Waals surface area contributed by atoms with Gasteiger partial charge in [0.2, 0.25) is 11.2 Å². The zero-order valence-electron chi connectivity index (χ0n) is 18.1. The highest BCUT2D eigenvalue weighted by Crippen LogP contribution is 2.33. The van der Waals surface area contributed by atoms with Crippen LogP contribution in [0.4, 0.5) is 4.39 Å². The molecule has 0 atom stereocenters. The van der Waals surface area contributed by atoms with E-state index in [1.165, 1.54) is 19.2 Å². The summed E-state index contributed by atoms with van der Waals surface area (Å²) in [5, 5.41) is 0.252. The second-order valence-electron chi connectivity index (χ2n) is 7.09. The molecule has 0 saturated heterocycles. The van der Waals surface area contributed by atoms with Gasteiger partial charge in [-0.05, 0) is 31.2 Å². The van der Waals surface area contributed by atoms with Gasteiger partial charge in [0.05, 0.1) is 24.7 Å². The van der Waals surface area contributed by atoms with E-state index in [0.717, 1.165) is 0 Å². The summed E-state index contributed by atoms with van der Waals surface area (Å²) in [6.07, 6.45) is 0. The van der Waals surface area contributed by atoms with Gasteiger partial charge in [0.25, 0.3) is 0 Å². The molecule has 0 fully saturated rings. The first-order valence-electron chi connectivity index (χ1n) is 10.3. The van der Waals surface area contributed by atoms with Crippen molar-refractivity contribution in [2.45, 2.75) is 13.5 Å². The smallest absolute Gasteiger partial charge is 0.375 e. The van der Waals surface area contributed by atoms with E-state index in [1.54, 1.807) is 61.5 Å². The van der Waals surface area contributed by atoms with Crippen molar-refractivity contribution >= 4 is 16.9 Å². The molecule has 3 aromatic carbocycles. The fourth-order valence-electron chi connectivity index (χ4n) is 3.48. The predicted molar refractivity (Wildman–Crippen MR) is 121 cm³/mol. The minimum absolute atomic E-state index is 0.00750. The lowest BCUT2D eigenvalue weighted by molar-refractivity contribution is 0.0492. The van der Waals surface area contributed by atoms with Gasteiger partial charge in [-0.25, -0.2) is 9.18 Å². The monoisotopic (exact) mass is 448 g/mol. The van der Waals surface area contributed by atoms with E-state index in [1.807, 2.05) is 0 Å². The lowest BCUT2D eigenvalue weighted by Gasteiger charge is -2.13. The molecule has 33 heavy (non-hydrogen) atoms. The van der Waals surface area contributed by atoms with Crippen LogP contribution >= 0.6 is 0 Å². The van der Waals surface area contributed by atoms with Crippen LogP contribution in [0, 0.1) is 5.82 Å². The fraction of sp³-hybridized carbons (Fsp3) is 0.154. The zero-order valence-corrected chi connectivity index (χ0v) is 18.1. The van der Waals surface area contributed by atoms with Crippen LogP contribution in [-0.2, 0) is 11.3 Å². The Kier molecular flexibility index (Phi) is 6.40. The summed E-state index contributed by atoms with van der Waals surface area (Å²) in [6.45, 7) is 1.76. The van der Waals surface area contributed by atoms with Crippen molar-refractivity contribution in [1.82, 2.24) is 0 Å². The highest BCUT2D eigenvalue weighted by Gasteiger charge is 2.25. The number of benzene rings is 3. The molecule has 0 radical (unpaired) electrons. The molecule has 1 heterocycles. The first-order chi connectivity index (χ1) is 16.0. The summed E-state index contributed by atoms with van der Waals surface area (Å²) >= 11 is 0. The molecule has 0 bridgehead atoms. The molecule has 0 saturated carbocycles. The van der Waals surface area contributed by atoms with Crippen molar-refractivity contribution in [2.75, 3.05) is 13.7 Å². The maximum Gasteiger partial charge on any atom is 0.375 e. The summed E-state index contributed by atoms with van der Waals surface area (Å²) < 4.78 is 35.9. The van der Waals surface area contributed by atoms with Gasteiger partial charge in [0, 0.05) is 17.2 Å². The number of hydrogen-bond donors (Lipinski definition) is 0. The molecule has 4 aromatic rings. The van der Waals surface area contributed by atoms with Crippen LogP contribution in [0.3, 0.4) is 0 Å². The highest BCUT2D eigenvalue weighted by molar-refractivity contribution is 5.98. The molecule has 7 heteroatoms. The van der Waals surface area contributed by atoms with Crippen LogP contribution in [0.25, 0.3) is 22.1 Å². The second kappa shape index (κ2) is 9.56. The first kappa shape index (κ1) is 22.1. The summed E-state index contributed by atoms with van der Waals surface area (Å²) in [7, 11) is 1.48. The topological polar surface area (TPSA) is 75.0 Å². The lowest BCUT2D eigenvalue weighted by Crippen LogP contribution is -2.15. The molecular formula is C26H21FO6. The van der Waals surface area contributed by atoms with Crippen LogP contribution in [0.5, 0.6) is 11.5 Å². The van der Waals surface area contributed by atoms with E-state index in [2.05, 4.69) is 0 Å². The van der Waals surface area contributed by atoms with Crippen LogP contribution in [0.2, 0.25) is 0 Å². The number of carbonyl (C=O) groups excluding carboxylic acids is 1. The molecule has 1 aromatic heterocycles. The zero-order chi connectivity index (χ0) is 23.4. The van der Waals surface area contributed by atoms with Gasteiger partial charge < -0.3 is 18.6 Å². The summed E-state index contributed by atoms with van der Waals surface area (Å²) in [5.41, 5.74) is 0.590. The second-order valence-corrected chi connectivity index (χ2v) is 7.09. The molecule has 6 nitrogen and oxygen atoms in total. The minimum atomic E-state index is -0.768. The van der Waals surface area contributed by atoms with Gasteiger partial charge in [-0.1, -0.05) is 36.4 Å². The molecular weight excluding hydrogens is 427 g/mol. The standard InChI is InChI=1S/C26H21FO6/c1-3-31-26(29)25-23(18-9-5-7-11-21(18)30-2)24(28)19-13-12-17(14-22(19)33-25)32-15-16-8-4-6-10-20(16)27/h4-14H,3,15H2,1-2H3. The minimum Gasteiger partial charge on any atom is -0.496 e. The Morgan fingerprint density at radius 2 is 1.79 bits per heavy atom. The van der Waals surface area contributed by atoms with Gasteiger partial charge in [-0.15, -0.1) is 0 Å². The number of rotatable bonds is 7. The van der Waals surface area contributed by atoms with E-state index in [0.29, 0.717) is 22.6 Å². The molecule has 0 aliphatic carbocycles. The largest absolute Gasteiger partial charge is 0.496 e. The third-order valence-electron chi connectivity index (χ3n) is 5.05. The Bertz CT molecular complexity index is 1380. The van der Waals surface area contributed by atoms with Gasteiger partial charge in [0.15, 0.2) is 0 Å². The molecule has 0 N–H and O–H groups in total. The van der Waals surface area contributed by atoms with Gasteiger partial charge in [-0.3, -0.25) is 4.79 Å². The molecule has 0 amide bonds. The maximum atomic E-state index is 13.9. The molecule has 0 aliphatic heterocycles. The predicted octanol–water partition coefficient (Wildman–Crippen LogP) is 5.36. The number of ether oxygens (including phenoxy) is 3. The van der Waals surface area contributed by atoms with Crippen LogP contribution < -0.4 is 14.9 Å². The number of hydrogen-bond acceptors (Lipinski definition) is 6. The van der Waals surface area contributed by atoms with E-state index >= 15 is 0 Å². The molecule has 0 aliphatic rings. The number of para-hydroxylation sites is 1. The number of esters is 1. The highest BCUT2D eigenvalue weighted by atomic mass is 19.1. The SMILES string of the molecule is CCOC(=O)c1oc2cc(OCc3ccccc3F)ccc2c(=O)c1-c1ccccc1OC. The third-order valence-corrected chi connectivity index (χ3v) is 5.05. The van der Waals surface area contributed by atoms with Crippen molar-refractivity contribution in [2.24, 2.45) is 0 Å². The van der Waals surface area contributed by atoms with Crippen LogP contribution in [-0.4, -0.2) is 19.7 Å². The Morgan fingerprint density at radius 3 is 2.55 bits per heavy atom. The molecule has 0 unspecified atom stereocenters. The quantitative estimate of drug-likeness (QED) is 0.354. The number of methoxy groups -OCH3 is 1. The van der Waals surface area contributed by atoms with E-state index < -0.39 is 11.4 Å². The normalized spacial score (nSPS) is 10.8. The van der Waals surface area contributed by atoms with Crippen molar-refractivity contribution in [3.8, 4) is 22.6 Å². The Labute approximate surface area is 189 Å². The Morgan fingerprint density at radius 1 is 1.03 bits per heavy atom. The van der Waals surface area contributed by atoms with Crippen molar-refractivity contribution < 1.29 is 27.8 Å². The van der Waals surface area contributed by atoms with Crippen LogP contribution in [0.15, 0.2) is 75.9 Å². The lowest BCUT2D eigenvalue weighted by atomic mass is 10.0. The molecule has 0 spiro atoms. The van der Waals surface area contributed by atoms with E-state index in [4.69, 9.17) is 18.6 Å². The number of halogens is 1. The average molecular weight is 448 g/mol. The van der Waals surface area contributed by atoms with Crippen molar-refractivity contribution in [1.29, 1.82) is 0 Å². The Balaban J connectivity index is 1.82. The van der Waals surface area contributed by atoms with Gasteiger partial charge in [-0.2, -0.15) is 0 Å². The van der Waals surface area contributed by atoms with Crippen molar-refractivity contribution in [3.63, 3.8) is 0 Å². The first-order valence-corrected chi connectivity index (χ1v) is 10.3. The number of carbonyl (C=O) groups is 1. The maximum absolute atomic E-state index is 13.9. The summed E-state index contributed by atoms with van der Waals surface area (Å²) in [5.74, 6) is -0.607. The van der Waals surface area contributed by atoms with Crippen LogP contribution in [0.1, 0.15) is 23.0 Å². The third kappa shape index (κ3) is 4.43. The van der Waals surface area contributed by atoms with E-state index in [9.17, 15) is 14.0 Å².